The van der Waals surface area contributed by atoms with Crippen LogP contribution in [0.1, 0.15) is 194 Å². The van der Waals surface area contributed by atoms with E-state index in [0.717, 1.165) is 83.5 Å². The molecule has 0 aliphatic heterocycles. The SMILES string of the molecule is CC/C=C\C/C=C\C/C=C\C/C=C\C/C=C\C/C=C\CCCCCCCCC(=O)NC(CO)C(O)/C=C/CC/C=C/CCCCCCCCCCCCC. The second kappa shape index (κ2) is 44.7. The van der Waals surface area contributed by atoms with Crippen molar-refractivity contribution in [3.05, 3.63) is 97.2 Å². The highest BCUT2D eigenvalue weighted by molar-refractivity contribution is 5.76. The third kappa shape index (κ3) is 40.5. The average Bonchev–Trinajstić information content (AvgIpc) is 3.18. The lowest BCUT2D eigenvalue weighted by Gasteiger charge is -2.19. The van der Waals surface area contributed by atoms with Crippen LogP contribution in [0.4, 0.5) is 0 Å². The number of carbonyl (C=O) groups excluding carboxylic acids is 1. The Morgan fingerprint density at radius 2 is 0.833 bits per heavy atom. The smallest absolute Gasteiger partial charge is 0.220 e. The summed E-state index contributed by atoms with van der Waals surface area (Å²) in [6, 6.07) is -0.653. The van der Waals surface area contributed by atoms with E-state index in [1.54, 1.807) is 6.08 Å². The number of allylic oxidation sites excluding steroid dienone is 15. The Bertz CT molecular complexity index is 1030. The van der Waals surface area contributed by atoms with Crippen molar-refractivity contribution in [2.75, 3.05) is 6.61 Å². The van der Waals surface area contributed by atoms with Gasteiger partial charge in [-0.05, 0) is 83.5 Å². The van der Waals surface area contributed by atoms with E-state index in [-0.39, 0.29) is 12.5 Å². The van der Waals surface area contributed by atoms with Crippen molar-refractivity contribution in [1.82, 2.24) is 5.32 Å². The van der Waals surface area contributed by atoms with E-state index < -0.39 is 12.1 Å². The molecule has 0 aliphatic rings. The first-order chi connectivity index (χ1) is 26.7. The summed E-state index contributed by atoms with van der Waals surface area (Å²) in [5.74, 6) is -0.0931. The fourth-order valence-electron chi connectivity index (χ4n) is 6.14. The fraction of sp³-hybridized carbons (Fsp3) is 0.660. The second-order valence-electron chi connectivity index (χ2n) is 14.7. The van der Waals surface area contributed by atoms with Crippen LogP contribution in [0.5, 0.6) is 0 Å². The van der Waals surface area contributed by atoms with Crippen molar-refractivity contribution in [3.63, 3.8) is 0 Å². The van der Waals surface area contributed by atoms with E-state index in [2.05, 4.69) is 104 Å². The molecule has 4 nitrogen and oxygen atoms in total. The van der Waals surface area contributed by atoms with Gasteiger partial charge in [-0.25, -0.2) is 0 Å². The first-order valence-electron chi connectivity index (χ1n) is 22.5. The van der Waals surface area contributed by atoms with Crippen LogP contribution in [0.3, 0.4) is 0 Å². The van der Waals surface area contributed by atoms with Crippen molar-refractivity contribution < 1.29 is 15.0 Å². The Labute approximate surface area is 334 Å². The molecule has 0 bridgehead atoms. The summed E-state index contributed by atoms with van der Waals surface area (Å²) in [7, 11) is 0. The van der Waals surface area contributed by atoms with E-state index in [9.17, 15) is 15.0 Å². The molecule has 0 saturated heterocycles. The Kier molecular flexibility index (Phi) is 42.5. The maximum absolute atomic E-state index is 12.4. The number of aliphatic hydroxyl groups excluding tert-OH is 2. The third-order valence-electron chi connectivity index (χ3n) is 9.55. The molecular weight excluding hydrogens is 663 g/mol. The molecule has 54 heavy (non-hydrogen) atoms. The standard InChI is InChI=1S/C50H85NO3/c1-3-5-7-9-11-13-15-17-19-21-22-23-24-25-26-27-28-30-32-34-36-38-40-42-44-46-50(54)51-48(47-52)49(53)45-43-41-39-37-35-33-31-29-20-18-16-14-12-10-8-6-4-2/h5,7,11,13,17,19,22-23,25-26,28,30,35,37,43,45,48-49,52-53H,3-4,6,8-10,12,14-16,18,20-21,24,27,29,31-34,36,38-42,44,46-47H2,1-2H3,(H,51,54)/b7-5-,13-11-,19-17-,23-22-,26-25-,30-28-,37-35+,45-43+. The predicted molar refractivity (Wildman–Crippen MR) is 239 cm³/mol. The Hall–Kier alpha value is -2.69. The molecule has 0 rings (SSSR count). The number of hydrogen-bond donors (Lipinski definition) is 3. The Morgan fingerprint density at radius 3 is 1.30 bits per heavy atom. The number of aliphatic hydroxyl groups is 2. The van der Waals surface area contributed by atoms with Gasteiger partial charge >= 0.3 is 0 Å². The van der Waals surface area contributed by atoms with Gasteiger partial charge in [0, 0.05) is 6.42 Å². The monoisotopic (exact) mass is 748 g/mol. The minimum absolute atomic E-state index is 0.0931. The summed E-state index contributed by atoms with van der Waals surface area (Å²) < 4.78 is 0. The molecule has 308 valence electrons. The highest BCUT2D eigenvalue weighted by atomic mass is 16.3. The van der Waals surface area contributed by atoms with E-state index in [1.807, 2.05) is 6.08 Å². The van der Waals surface area contributed by atoms with Crippen LogP contribution < -0.4 is 5.32 Å². The van der Waals surface area contributed by atoms with E-state index in [4.69, 9.17) is 0 Å². The highest BCUT2D eigenvalue weighted by Gasteiger charge is 2.17. The normalized spacial score (nSPS) is 13.9. The third-order valence-corrected chi connectivity index (χ3v) is 9.55. The number of rotatable bonds is 39. The van der Waals surface area contributed by atoms with E-state index >= 15 is 0 Å². The topological polar surface area (TPSA) is 69.6 Å². The van der Waals surface area contributed by atoms with Gasteiger partial charge in [-0.15, -0.1) is 0 Å². The van der Waals surface area contributed by atoms with E-state index in [0.29, 0.717) is 6.42 Å². The molecule has 0 fully saturated rings. The molecule has 4 heteroatoms. The van der Waals surface area contributed by atoms with Gasteiger partial charge in [0.25, 0.3) is 0 Å². The van der Waals surface area contributed by atoms with Gasteiger partial charge in [-0.1, -0.05) is 201 Å². The van der Waals surface area contributed by atoms with Gasteiger partial charge < -0.3 is 15.5 Å². The summed E-state index contributed by atoms with van der Waals surface area (Å²) in [5, 5.41) is 23.0. The summed E-state index contributed by atoms with van der Waals surface area (Å²) in [5.41, 5.74) is 0. The van der Waals surface area contributed by atoms with Crippen LogP contribution in [-0.2, 0) is 4.79 Å². The molecule has 0 radical (unpaired) electrons. The first-order valence-corrected chi connectivity index (χ1v) is 22.5. The van der Waals surface area contributed by atoms with Crippen LogP contribution in [-0.4, -0.2) is 34.9 Å². The van der Waals surface area contributed by atoms with Gasteiger partial charge in [0.15, 0.2) is 0 Å². The minimum Gasteiger partial charge on any atom is -0.394 e. The summed E-state index contributed by atoms with van der Waals surface area (Å²) in [4.78, 5) is 12.4. The minimum atomic E-state index is -0.875. The van der Waals surface area contributed by atoms with Gasteiger partial charge in [0.05, 0.1) is 18.8 Å². The summed E-state index contributed by atoms with van der Waals surface area (Å²) in [6.45, 7) is 4.16. The Balaban J connectivity index is 3.70. The molecule has 0 heterocycles. The average molecular weight is 748 g/mol. The number of unbranched alkanes of at least 4 members (excludes halogenated alkanes) is 18. The highest BCUT2D eigenvalue weighted by Crippen LogP contribution is 2.13. The van der Waals surface area contributed by atoms with Gasteiger partial charge in [0.2, 0.25) is 5.91 Å². The number of carbonyl (C=O) groups is 1. The molecule has 0 saturated carbocycles. The summed E-state index contributed by atoms with van der Waals surface area (Å²) >= 11 is 0. The second-order valence-corrected chi connectivity index (χ2v) is 14.7. The molecule has 2 unspecified atom stereocenters. The Morgan fingerprint density at radius 1 is 0.463 bits per heavy atom. The first kappa shape index (κ1) is 51.3. The molecule has 1 amide bonds. The van der Waals surface area contributed by atoms with Crippen LogP contribution in [0.15, 0.2) is 97.2 Å². The van der Waals surface area contributed by atoms with Crippen molar-refractivity contribution in [3.8, 4) is 0 Å². The van der Waals surface area contributed by atoms with Gasteiger partial charge in [-0.2, -0.15) is 0 Å². The lowest BCUT2D eigenvalue weighted by molar-refractivity contribution is -0.123. The quantitative estimate of drug-likeness (QED) is 0.0433. The predicted octanol–water partition coefficient (Wildman–Crippen LogP) is 14.2. The molecular formula is C50H85NO3. The van der Waals surface area contributed by atoms with Gasteiger partial charge in [-0.3, -0.25) is 4.79 Å². The zero-order valence-corrected chi connectivity index (χ0v) is 35.2. The van der Waals surface area contributed by atoms with Crippen LogP contribution in [0, 0.1) is 0 Å². The van der Waals surface area contributed by atoms with Crippen molar-refractivity contribution in [2.45, 2.75) is 206 Å². The molecule has 3 N–H and O–H groups in total. The summed E-state index contributed by atoms with van der Waals surface area (Å²) in [6.07, 6.45) is 66.5. The number of nitrogens with one attached hydrogen (secondary N) is 1. The van der Waals surface area contributed by atoms with Crippen molar-refractivity contribution in [2.24, 2.45) is 0 Å². The molecule has 0 spiro atoms. The van der Waals surface area contributed by atoms with E-state index in [1.165, 1.54) is 89.9 Å². The number of hydrogen-bond acceptors (Lipinski definition) is 3. The largest absolute Gasteiger partial charge is 0.394 e. The maximum atomic E-state index is 12.4. The van der Waals surface area contributed by atoms with Crippen molar-refractivity contribution >= 4 is 5.91 Å². The lowest BCUT2D eigenvalue weighted by atomic mass is 10.1. The zero-order valence-electron chi connectivity index (χ0n) is 35.2. The molecule has 0 aliphatic carbocycles. The van der Waals surface area contributed by atoms with Crippen LogP contribution in [0.2, 0.25) is 0 Å². The zero-order chi connectivity index (χ0) is 39.3. The molecule has 2 atom stereocenters. The maximum Gasteiger partial charge on any atom is 0.220 e. The molecule has 0 aromatic rings. The number of amides is 1. The lowest BCUT2D eigenvalue weighted by Crippen LogP contribution is -2.45. The van der Waals surface area contributed by atoms with Crippen LogP contribution in [0.25, 0.3) is 0 Å². The molecule has 0 aromatic carbocycles. The molecule has 0 aromatic heterocycles. The van der Waals surface area contributed by atoms with Gasteiger partial charge in [0.1, 0.15) is 0 Å². The van der Waals surface area contributed by atoms with Crippen molar-refractivity contribution in [1.29, 1.82) is 0 Å². The fourth-order valence-corrected chi connectivity index (χ4v) is 6.14. The van der Waals surface area contributed by atoms with Crippen LogP contribution >= 0.6 is 0 Å².